The molecule has 0 bridgehead atoms. The molecule has 2 atom stereocenters. The molecule has 2 unspecified atom stereocenters. The summed E-state index contributed by atoms with van der Waals surface area (Å²) < 4.78 is 5.73. The van der Waals surface area contributed by atoms with Crippen molar-refractivity contribution in [3.8, 4) is 0 Å². The van der Waals surface area contributed by atoms with Gasteiger partial charge in [0, 0.05) is 12.6 Å². The van der Waals surface area contributed by atoms with Crippen LogP contribution in [0.3, 0.4) is 0 Å². The van der Waals surface area contributed by atoms with Gasteiger partial charge in [-0.3, -0.25) is 0 Å². The number of nitrogens with one attached hydrogen (secondary N) is 1. The Bertz CT molecular complexity index is 219. The number of hydrogen-bond acceptors (Lipinski definition) is 2. The van der Waals surface area contributed by atoms with Gasteiger partial charge in [-0.15, -0.1) is 0 Å². The van der Waals surface area contributed by atoms with Crippen LogP contribution in [0.25, 0.3) is 0 Å². The van der Waals surface area contributed by atoms with E-state index in [0.29, 0.717) is 6.10 Å². The molecule has 2 rings (SSSR count). The van der Waals surface area contributed by atoms with E-state index in [1.54, 1.807) is 0 Å². The molecule has 1 N–H and O–H groups in total. The van der Waals surface area contributed by atoms with Crippen molar-refractivity contribution < 1.29 is 4.74 Å². The minimum absolute atomic E-state index is 0.582. The van der Waals surface area contributed by atoms with E-state index in [-0.39, 0.29) is 0 Å². The quantitative estimate of drug-likeness (QED) is 0.673. The van der Waals surface area contributed by atoms with E-state index in [2.05, 4.69) is 12.2 Å². The summed E-state index contributed by atoms with van der Waals surface area (Å²) in [4.78, 5) is 0. The summed E-state index contributed by atoms with van der Waals surface area (Å²) in [5, 5.41) is 3.78. The third-order valence-electron chi connectivity index (χ3n) is 4.88. The van der Waals surface area contributed by atoms with Crippen LogP contribution >= 0.6 is 0 Å². The fourth-order valence-corrected chi connectivity index (χ4v) is 3.76. The van der Waals surface area contributed by atoms with Crippen molar-refractivity contribution in [1.29, 1.82) is 0 Å². The zero-order valence-corrected chi connectivity index (χ0v) is 12.8. The lowest BCUT2D eigenvalue weighted by Gasteiger charge is -2.22. The van der Waals surface area contributed by atoms with Gasteiger partial charge in [0.2, 0.25) is 0 Å². The Morgan fingerprint density at radius 2 is 2.00 bits per heavy atom. The SMILES string of the molecule is CCCNC(CCCC1CCCO1)CC1CCCC1. The van der Waals surface area contributed by atoms with Crippen molar-refractivity contribution in [2.24, 2.45) is 5.92 Å². The second-order valence-corrected chi connectivity index (χ2v) is 6.60. The number of ether oxygens (including phenoxy) is 1. The molecule has 2 fully saturated rings. The summed E-state index contributed by atoms with van der Waals surface area (Å²) in [5.74, 6) is 1.01. The van der Waals surface area contributed by atoms with E-state index in [1.165, 1.54) is 77.2 Å². The summed E-state index contributed by atoms with van der Waals surface area (Å²) in [6.45, 7) is 4.47. The Kier molecular flexibility index (Phi) is 7.23. The normalized spacial score (nSPS) is 26.1. The summed E-state index contributed by atoms with van der Waals surface area (Å²) in [5.41, 5.74) is 0. The van der Waals surface area contributed by atoms with Gasteiger partial charge in [0.1, 0.15) is 0 Å². The Labute approximate surface area is 119 Å². The average molecular weight is 267 g/mol. The van der Waals surface area contributed by atoms with Gasteiger partial charge in [-0.2, -0.15) is 0 Å². The van der Waals surface area contributed by atoms with Crippen LogP contribution in [0.2, 0.25) is 0 Å². The van der Waals surface area contributed by atoms with Crippen LogP contribution in [-0.2, 0) is 4.74 Å². The van der Waals surface area contributed by atoms with Crippen LogP contribution in [-0.4, -0.2) is 25.3 Å². The van der Waals surface area contributed by atoms with E-state index in [4.69, 9.17) is 4.74 Å². The Balaban J connectivity index is 1.63. The van der Waals surface area contributed by atoms with Crippen molar-refractivity contribution in [1.82, 2.24) is 5.32 Å². The second kappa shape index (κ2) is 8.97. The fourth-order valence-electron chi connectivity index (χ4n) is 3.76. The highest BCUT2D eigenvalue weighted by Crippen LogP contribution is 2.30. The first kappa shape index (κ1) is 15.3. The Morgan fingerprint density at radius 3 is 2.68 bits per heavy atom. The average Bonchev–Trinajstić information content (AvgIpc) is 3.08. The first-order chi connectivity index (χ1) is 9.38. The standard InChI is InChI=1S/C17H33NO/c1-2-12-18-16(14-15-7-3-4-8-15)9-5-10-17-11-6-13-19-17/h15-18H,2-14H2,1H3. The van der Waals surface area contributed by atoms with E-state index in [1.807, 2.05) is 0 Å². The summed E-state index contributed by atoms with van der Waals surface area (Å²) in [6.07, 6.45) is 15.7. The van der Waals surface area contributed by atoms with E-state index in [0.717, 1.165) is 18.6 Å². The van der Waals surface area contributed by atoms with Crippen LogP contribution in [0.1, 0.15) is 77.6 Å². The van der Waals surface area contributed by atoms with Gasteiger partial charge in [0.25, 0.3) is 0 Å². The topological polar surface area (TPSA) is 21.3 Å². The second-order valence-electron chi connectivity index (χ2n) is 6.60. The van der Waals surface area contributed by atoms with E-state index >= 15 is 0 Å². The van der Waals surface area contributed by atoms with Crippen molar-refractivity contribution in [3.63, 3.8) is 0 Å². The third kappa shape index (κ3) is 5.83. The molecule has 1 saturated carbocycles. The Hall–Kier alpha value is -0.0800. The zero-order valence-electron chi connectivity index (χ0n) is 12.8. The van der Waals surface area contributed by atoms with Crippen molar-refractivity contribution in [2.45, 2.75) is 89.7 Å². The predicted octanol–water partition coefficient (Wildman–Crippen LogP) is 4.28. The molecule has 112 valence electrons. The minimum Gasteiger partial charge on any atom is -0.378 e. The lowest BCUT2D eigenvalue weighted by Crippen LogP contribution is -2.31. The van der Waals surface area contributed by atoms with Gasteiger partial charge in [-0.25, -0.2) is 0 Å². The lowest BCUT2D eigenvalue weighted by atomic mass is 9.94. The monoisotopic (exact) mass is 267 g/mol. The molecule has 0 spiro atoms. The molecule has 1 aliphatic heterocycles. The van der Waals surface area contributed by atoms with Crippen LogP contribution in [0.4, 0.5) is 0 Å². The molecular weight excluding hydrogens is 234 g/mol. The molecule has 0 aromatic heterocycles. The molecule has 0 radical (unpaired) electrons. The fraction of sp³-hybridized carbons (Fsp3) is 1.00. The van der Waals surface area contributed by atoms with Crippen molar-refractivity contribution in [3.05, 3.63) is 0 Å². The molecule has 2 aliphatic rings. The van der Waals surface area contributed by atoms with Crippen molar-refractivity contribution >= 4 is 0 Å². The lowest BCUT2D eigenvalue weighted by molar-refractivity contribution is 0.101. The van der Waals surface area contributed by atoms with Crippen LogP contribution in [0.15, 0.2) is 0 Å². The summed E-state index contributed by atoms with van der Waals surface area (Å²) in [6, 6.07) is 0.768. The van der Waals surface area contributed by atoms with Gasteiger partial charge in [0.15, 0.2) is 0 Å². The van der Waals surface area contributed by atoms with E-state index in [9.17, 15) is 0 Å². The maximum Gasteiger partial charge on any atom is 0.0576 e. The van der Waals surface area contributed by atoms with Gasteiger partial charge in [-0.05, 0) is 57.4 Å². The van der Waals surface area contributed by atoms with Crippen LogP contribution in [0, 0.1) is 5.92 Å². The molecule has 2 nitrogen and oxygen atoms in total. The first-order valence-corrected chi connectivity index (χ1v) is 8.73. The molecule has 1 saturated heterocycles. The highest BCUT2D eigenvalue weighted by Gasteiger charge is 2.20. The summed E-state index contributed by atoms with van der Waals surface area (Å²) in [7, 11) is 0. The highest BCUT2D eigenvalue weighted by atomic mass is 16.5. The molecule has 1 aliphatic carbocycles. The number of rotatable bonds is 9. The molecular formula is C17H33NO. The largest absolute Gasteiger partial charge is 0.378 e. The van der Waals surface area contributed by atoms with E-state index < -0.39 is 0 Å². The van der Waals surface area contributed by atoms with Gasteiger partial charge in [0.05, 0.1) is 6.10 Å². The zero-order chi connectivity index (χ0) is 13.3. The minimum atomic E-state index is 0.582. The predicted molar refractivity (Wildman–Crippen MR) is 81.5 cm³/mol. The molecule has 0 amide bonds. The molecule has 19 heavy (non-hydrogen) atoms. The maximum absolute atomic E-state index is 5.73. The van der Waals surface area contributed by atoms with Gasteiger partial charge < -0.3 is 10.1 Å². The Morgan fingerprint density at radius 1 is 1.16 bits per heavy atom. The molecule has 0 aromatic carbocycles. The number of hydrogen-bond donors (Lipinski definition) is 1. The highest BCUT2D eigenvalue weighted by molar-refractivity contribution is 4.76. The third-order valence-corrected chi connectivity index (χ3v) is 4.88. The van der Waals surface area contributed by atoms with Gasteiger partial charge >= 0.3 is 0 Å². The maximum atomic E-state index is 5.73. The van der Waals surface area contributed by atoms with Crippen LogP contribution < -0.4 is 5.32 Å². The van der Waals surface area contributed by atoms with Crippen molar-refractivity contribution in [2.75, 3.05) is 13.2 Å². The molecule has 2 heteroatoms. The smallest absolute Gasteiger partial charge is 0.0576 e. The molecule has 1 heterocycles. The van der Waals surface area contributed by atoms with Crippen LogP contribution in [0.5, 0.6) is 0 Å². The van der Waals surface area contributed by atoms with Gasteiger partial charge in [-0.1, -0.05) is 32.6 Å². The summed E-state index contributed by atoms with van der Waals surface area (Å²) >= 11 is 0. The first-order valence-electron chi connectivity index (χ1n) is 8.73. The molecule has 0 aromatic rings.